The molecule has 2 atom stereocenters. The smallest absolute Gasteiger partial charge is 0.295 e. The number of hydrogen-bond donors (Lipinski definition) is 1. The summed E-state index contributed by atoms with van der Waals surface area (Å²) in [5.41, 5.74) is 2.91. The van der Waals surface area contributed by atoms with Gasteiger partial charge in [0.1, 0.15) is 0 Å². The fourth-order valence-electron chi connectivity index (χ4n) is 3.19. The Bertz CT molecular complexity index is 993. The molecule has 10 heteroatoms. The van der Waals surface area contributed by atoms with Crippen molar-refractivity contribution in [3.63, 3.8) is 0 Å². The topological polar surface area (TPSA) is 93.8 Å². The van der Waals surface area contributed by atoms with E-state index in [1.807, 2.05) is 12.1 Å². The number of benzene rings is 1. The maximum atomic E-state index is 13.2. The SMILES string of the molecule is Cn1nnnc1CCc1ccc(-c2ccc([C@@H](O)[C@@H](CF)CC(=O)C(F)F)cc2)cn1. The molecule has 1 aromatic carbocycles. The second kappa shape index (κ2) is 10.3. The molecule has 0 bridgehead atoms. The van der Waals surface area contributed by atoms with E-state index in [1.54, 1.807) is 42.2 Å². The molecule has 0 spiro atoms. The zero-order valence-corrected chi connectivity index (χ0v) is 16.8. The van der Waals surface area contributed by atoms with E-state index < -0.39 is 37.3 Å². The maximum Gasteiger partial charge on any atom is 0.295 e. The summed E-state index contributed by atoms with van der Waals surface area (Å²) in [6.45, 7) is -1.07. The Kier molecular flexibility index (Phi) is 7.45. The first-order valence-corrected chi connectivity index (χ1v) is 9.70. The first kappa shape index (κ1) is 22.5. The molecule has 0 aliphatic heterocycles. The second-order valence-corrected chi connectivity index (χ2v) is 7.21. The monoisotopic (exact) mass is 433 g/mol. The van der Waals surface area contributed by atoms with E-state index in [2.05, 4.69) is 20.5 Å². The first-order valence-electron chi connectivity index (χ1n) is 9.70. The highest BCUT2D eigenvalue weighted by Crippen LogP contribution is 2.28. The molecule has 0 unspecified atom stereocenters. The highest BCUT2D eigenvalue weighted by Gasteiger charge is 2.27. The van der Waals surface area contributed by atoms with Crippen molar-refractivity contribution in [3.05, 3.63) is 59.7 Å². The number of alkyl halides is 3. The molecule has 7 nitrogen and oxygen atoms in total. The number of halogens is 3. The number of hydrogen-bond acceptors (Lipinski definition) is 6. The molecule has 2 aromatic heterocycles. The van der Waals surface area contributed by atoms with Crippen LogP contribution in [0.1, 0.15) is 29.6 Å². The summed E-state index contributed by atoms with van der Waals surface area (Å²) in [5, 5.41) is 21.6. The Morgan fingerprint density at radius 2 is 1.81 bits per heavy atom. The highest BCUT2D eigenvalue weighted by atomic mass is 19.3. The number of aryl methyl sites for hydroxylation is 3. The van der Waals surface area contributed by atoms with Crippen LogP contribution >= 0.6 is 0 Å². The Morgan fingerprint density at radius 3 is 2.35 bits per heavy atom. The standard InChI is InChI=1S/C21H22F3N5O2/c1-29-19(26-27-28-29)9-8-17-7-6-15(12-25-17)13-2-4-14(5-3-13)20(31)16(11-22)10-18(30)21(23)24/h2-7,12,16,20-21,31H,8-11H2,1H3/t16-,20-/m1/s1. The average molecular weight is 433 g/mol. The molecule has 3 aromatic rings. The molecule has 0 amide bonds. The molecular formula is C21H22F3N5O2. The van der Waals surface area contributed by atoms with E-state index >= 15 is 0 Å². The lowest BCUT2D eigenvalue weighted by atomic mass is 9.91. The molecule has 0 fully saturated rings. The van der Waals surface area contributed by atoms with Gasteiger partial charge < -0.3 is 5.11 Å². The van der Waals surface area contributed by atoms with Crippen LogP contribution in [0.15, 0.2) is 42.6 Å². The number of carbonyl (C=O) groups excluding carboxylic acids is 1. The lowest BCUT2D eigenvalue weighted by Gasteiger charge is -2.20. The minimum Gasteiger partial charge on any atom is -0.388 e. The van der Waals surface area contributed by atoms with Crippen molar-refractivity contribution in [2.24, 2.45) is 13.0 Å². The third-order valence-electron chi connectivity index (χ3n) is 5.07. The van der Waals surface area contributed by atoms with Crippen molar-refractivity contribution in [2.75, 3.05) is 6.67 Å². The minimum atomic E-state index is -3.17. The number of aromatic nitrogens is 5. The van der Waals surface area contributed by atoms with Crippen LogP contribution in [0.4, 0.5) is 13.2 Å². The van der Waals surface area contributed by atoms with Gasteiger partial charge in [0.2, 0.25) is 0 Å². The third kappa shape index (κ3) is 5.72. The summed E-state index contributed by atoms with van der Waals surface area (Å²) < 4.78 is 39.7. The summed E-state index contributed by atoms with van der Waals surface area (Å²) in [7, 11) is 1.78. The average Bonchev–Trinajstić information content (AvgIpc) is 3.20. The molecule has 3 rings (SSSR count). The fourth-order valence-corrected chi connectivity index (χ4v) is 3.19. The Labute approximate surface area is 176 Å². The van der Waals surface area contributed by atoms with Crippen molar-refractivity contribution in [1.29, 1.82) is 0 Å². The Hall–Kier alpha value is -3.14. The van der Waals surface area contributed by atoms with Crippen molar-refractivity contribution in [1.82, 2.24) is 25.2 Å². The number of nitrogens with zero attached hydrogens (tertiary/aromatic N) is 5. The normalized spacial score (nSPS) is 13.4. The molecule has 2 heterocycles. The van der Waals surface area contributed by atoms with Gasteiger partial charge in [-0.2, -0.15) is 0 Å². The summed E-state index contributed by atoms with van der Waals surface area (Å²) in [4.78, 5) is 15.6. The fraction of sp³-hybridized carbons (Fsp3) is 0.381. The number of aliphatic hydroxyl groups is 1. The van der Waals surface area contributed by atoms with Crippen LogP contribution in [0.25, 0.3) is 11.1 Å². The maximum absolute atomic E-state index is 13.2. The van der Waals surface area contributed by atoms with Crippen LogP contribution in [-0.2, 0) is 24.7 Å². The van der Waals surface area contributed by atoms with Crippen LogP contribution in [0.3, 0.4) is 0 Å². The lowest BCUT2D eigenvalue weighted by molar-refractivity contribution is -0.131. The largest absolute Gasteiger partial charge is 0.388 e. The van der Waals surface area contributed by atoms with Crippen LogP contribution in [0.5, 0.6) is 0 Å². The van der Waals surface area contributed by atoms with Gasteiger partial charge in [0.05, 0.1) is 12.8 Å². The highest BCUT2D eigenvalue weighted by molar-refractivity contribution is 5.81. The molecule has 0 saturated carbocycles. The van der Waals surface area contributed by atoms with E-state index in [-0.39, 0.29) is 0 Å². The Balaban J connectivity index is 1.63. The predicted molar refractivity (Wildman–Crippen MR) is 106 cm³/mol. The zero-order valence-electron chi connectivity index (χ0n) is 16.8. The van der Waals surface area contributed by atoms with Crippen molar-refractivity contribution in [3.8, 4) is 11.1 Å². The number of Topliss-reactive ketones (excluding diaryl/α,β-unsaturated/α-hetero) is 1. The van der Waals surface area contributed by atoms with Gasteiger partial charge in [0.25, 0.3) is 6.43 Å². The van der Waals surface area contributed by atoms with Gasteiger partial charge in [0, 0.05) is 43.3 Å². The lowest BCUT2D eigenvalue weighted by Crippen LogP contribution is -2.22. The van der Waals surface area contributed by atoms with Crippen LogP contribution in [0, 0.1) is 5.92 Å². The molecular weight excluding hydrogens is 411 g/mol. The number of aliphatic hydroxyl groups excluding tert-OH is 1. The summed E-state index contributed by atoms with van der Waals surface area (Å²) >= 11 is 0. The van der Waals surface area contributed by atoms with Gasteiger partial charge in [-0.15, -0.1) is 5.10 Å². The molecule has 164 valence electrons. The molecule has 0 aliphatic carbocycles. The molecule has 31 heavy (non-hydrogen) atoms. The molecule has 1 N–H and O–H groups in total. The number of tetrazole rings is 1. The van der Waals surface area contributed by atoms with E-state index in [0.717, 1.165) is 22.6 Å². The number of ketones is 1. The van der Waals surface area contributed by atoms with Gasteiger partial charge in [-0.25, -0.2) is 13.5 Å². The van der Waals surface area contributed by atoms with Gasteiger partial charge in [-0.1, -0.05) is 30.3 Å². The van der Waals surface area contributed by atoms with Gasteiger partial charge >= 0.3 is 0 Å². The first-order chi connectivity index (χ1) is 14.9. The summed E-state index contributed by atoms with van der Waals surface area (Å²) in [6, 6.07) is 10.4. The summed E-state index contributed by atoms with van der Waals surface area (Å²) in [5.74, 6) is -1.82. The molecule has 0 aliphatic rings. The third-order valence-corrected chi connectivity index (χ3v) is 5.07. The van der Waals surface area contributed by atoms with Gasteiger partial charge in [0.15, 0.2) is 11.6 Å². The van der Waals surface area contributed by atoms with E-state index in [0.29, 0.717) is 18.4 Å². The predicted octanol–water partition coefficient (Wildman–Crippen LogP) is 2.90. The number of pyridine rings is 1. The number of rotatable bonds is 10. The van der Waals surface area contributed by atoms with Crippen LogP contribution < -0.4 is 0 Å². The van der Waals surface area contributed by atoms with E-state index in [1.165, 1.54) is 0 Å². The minimum absolute atomic E-state index is 0.357. The second-order valence-electron chi connectivity index (χ2n) is 7.21. The van der Waals surface area contributed by atoms with E-state index in [9.17, 15) is 23.1 Å². The van der Waals surface area contributed by atoms with Crippen molar-refractivity contribution >= 4 is 5.78 Å². The van der Waals surface area contributed by atoms with Crippen molar-refractivity contribution in [2.45, 2.75) is 31.8 Å². The van der Waals surface area contributed by atoms with Crippen molar-refractivity contribution < 1.29 is 23.1 Å². The van der Waals surface area contributed by atoms with Crippen LogP contribution in [-0.4, -0.2) is 49.2 Å². The van der Waals surface area contributed by atoms with Crippen LogP contribution in [0.2, 0.25) is 0 Å². The zero-order chi connectivity index (χ0) is 22.4. The quantitative estimate of drug-likeness (QED) is 0.529. The number of carbonyl (C=O) groups is 1. The van der Waals surface area contributed by atoms with E-state index in [4.69, 9.17) is 0 Å². The summed E-state index contributed by atoms with van der Waals surface area (Å²) in [6.07, 6.45) is -2.17. The molecule has 0 radical (unpaired) electrons. The molecule has 0 saturated heterocycles. The van der Waals surface area contributed by atoms with Gasteiger partial charge in [-0.3, -0.25) is 14.2 Å². The Morgan fingerprint density at radius 1 is 1.10 bits per heavy atom. The van der Waals surface area contributed by atoms with Gasteiger partial charge in [-0.05, 0) is 34.0 Å².